The number of nitrogens with one attached hydrogen (secondary N) is 2. The standard InChI is InChI=1S/C27H24ClN5O3S/c1-27(21-12-13-22(28)37-21)25(35)33(26(36)30-27)17-23(34)29-14-20-16-32(15-18-8-4-2-5-9-18)31-24(20)19-10-6-3-7-11-19/h2-13,16H,14-15,17H2,1H3,(H,29,34)(H,30,36). The number of urea groups is 1. The van der Waals surface area contributed by atoms with Crippen LogP contribution in [0.4, 0.5) is 4.79 Å². The summed E-state index contributed by atoms with van der Waals surface area (Å²) in [5.74, 6) is -0.946. The molecule has 4 aromatic rings. The molecule has 0 spiro atoms. The molecule has 5 rings (SSSR count). The van der Waals surface area contributed by atoms with Gasteiger partial charge in [0.15, 0.2) is 5.54 Å². The number of amides is 4. The van der Waals surface area contributed by atoms with Gasteiger partial charge in [0.2, 0.25) is 5.91 Å². The number of benzene rings is 2. The van der Waals surface area contributed by atoms with Crippen molar-refractivity contribution < 1.29 is 14.4 Å². The van der Waals surface area contributed by atoms with E-state index in [1.165, 1.54) is 11.3 Å². The fraction of sp³-hybridized carbons (Fsp3) is 0.185. The summed E-state index contributed by atoms with van der Waals surface area (Å²) in [6.07, 6.45) is 1.90. The van der Waals surface area contributed by atoms with E-state index in [2.05, 4.69) is 10.6 Å². The SMILES string of the molecule is CC1(c2ccc(Cl)s2)NC(=O)N(CC(=O)NCc2cn(Cc3ccccc3)nc2-c2ccccc2)C1=O. The van der Waals surface area contributed by atoms with E-state index in [4.69, 9.17) is 16.7 Å². The predicted octanol–water partition coefficient (Wildman–Crippen LogP) is 4.40. The number of halogens is 1. The molecule has 0 radical (unpaired) electrons. The van der Waals surface area contributed by atoms with Crippen molar-refractivity contribution in [1.82, 2.24) is 25.3 Å². The van der Waals surface area contributed by atoms with E-state index in [1.807, 2.05) is 71.5 Å². The van der Waals surface area contributed by atoms with Crippen LogP contribution in [0.3, 0.4) is 0 Å². The van der Waals surface area contributed by atoms with Crippen LogP contribution in [0.1, 0.15) is 22.9 Å². The van der Waals surface area contributed by atoms with Gasteiger partial charge in [-0.05, 0) is 24.6 Å². The lowest BCUT2D eigenvalue weighted by molar-refractivity contribution is -0.134. The molecular formula is C27H24ClN5O3S. The second-order valence-electron chi connectivity index (χ2n) is 8.88. The van der Waals surface area contributed by atoms with Gasteiger partial charge in [-0.2, -0.15) is 5.10 Å². The Morgan fingerprint density at radius 2 is 1.76 bits per heavy atom. The second kappa shape index (κ2) is 10.2. The summed E-state index contributed by atoms with van der Waals surface area (Å²) in [6.45, 7) is 2.00. The molecule has 0 bridgehead atoms. The molecule has 188 valence electrons. The van der Waals surface area contributed by atoms with Gasteiger partial charge < -0.3 is 10.6 Å². The Morgan fingerprint density at radius 1 is 1.05 bits per heavy atom. The van der Waals surface area contributed by atoms with Crippen molar-refractivity contribution in [2.45, 2.75) is 25.6 Å². The van der Waals surface area contributed by atoms with Crippen molar-refractivity contribution in [2.24, 2.45) is 0 Å². The molecule has 1 saturated heterocycles. The maximum absolute atomic E-state index is 13.1. The number of imide groups is 1. The molecule has 10 heteroatoms. The molecule has 1 aliphatic rings. The van der Waals surface area contributed by atoms with Crippen molar-refractivity contribution in [1.29, 1.82) is 0 Å². The van der Waals surface area contributed by atoms with Crippen LogP contribution in [0, 0.1) is 0 Å². The third-order valence-corrected chi connectivity index (χ3v) is 7.64. The molecule has 0 aliphatic carbocycles. The number of nitrogens with zero attached hydrogens (tertiary/aromatic N) is 3. The first-order valence-electron chi connectivity index (χ1n) is 11.7. The molecule has 2 aromatic heterocycles. The van der Waals surface area contributed by atoms with E-state index in [9.17, 15) is 14.4 Å². The average Bonchev–Trinajstić information content (AvgIpc) is 3.57. The van der Waals surface area contributed by atoms with Crippen LogP contribution in [0.25, 0.3) is 11.3 Å². The van der Waals surface area contributed by atoms with Gasteiger partial charge in [0, 0.05) is 28.7 Å². The van der Waals surface area contributed by atoms with Crippen LogP contribution in [0.2, 0.25) is 4.34 Å². The Bertz CT molecular complexity index is 1450. The lowest BCUT2D eigenvalue weighted by atomic mass is 10.0. The van der Waals surface area contributed by atoms with Crippen molar-refractivity contribution in [3.8, 4) is 11.3 Å². The molecule has 1 unspecified atom stereocenters. The van der Waals surface area contributed by atoms with Crippen LogP contribution in [-0.2, 0) is 28.2 Å². The Labute approximate surface area is 222 Å². The molecule has 0 saturated carbocycles. The first-order valence-corrected chi connectivity index (χ1v) is 12.9. The topological polar surface area (TPSA) is 96.3 Å². The highest BCUT2D eigenvalue weighted by atomic mass is 35.5. The smallest absolute Gasteiger partial charge is 0.325 e. The maximum Gasteiger partial charge on any atom is 0.325 e. The van der Waals surface area contributed by atoms with E-state index in [-0.39, 0.29) is 6.54 Å². The van der Waals surface area contributed by atoms with Gasteiger partial charge in [-0.1, -0.05) is 72.3 Å². The van der Waals surface area contributed by atoms with E-state index < -0.39 is 29.9 Å². The molecule has 37 heavy (non-hydrogen) atoms. The zero-order valence-electron chi connectivity index (χ0n) is 20.0. The molecule has 8 nitrogen and oxygen atoms in total. The maximum atomic E-state index is 13.1. The fourth-order valence-electron chi connectivity index (χ4n) is 4.27. The summed E-state index contributed by atoms with van der Waals surface area (Å²) >= 11 is 7.23. The van der Waals surface area contributed by atoms with Gasteiger partial charge >= 0.3 is 6.03 Å². The summed E-state index contributed by atoms with van der Waals surface area (Å²) < 4.78 is 2.35. The number of rotatable bonds is 8. The first-order chi connectivity index (χ1) is 17.8. The monoisotopic (exact) mass is 533 g/mol. The van der Waals surface area contributed by atoms with Crippen molar-refractivity contribution >= 4 is 40.8 Å². The lowest BCUT2D eigenvalue weighted by Crippen LogP contribution is -2.42. The summed E-state index contributed by atoms with van der Waals surface area (Å²) in [5.41, 5.74) is 2.36. The third kappa shape index (κ3) is 5.14. The Kier molecular flexibility index (Phi) is 6.82. The molecule has 1 aliphatic heterocycles. The van der Waals surface area contributed by atoms with Gasteiger partial charge in [0.25, 0.3) is 5.91 Å². The van der Waals surface area contributed by atoms with E-state index in [1.54, 1.807) is 19.1 Å². The number of aromatic nitrogens is 2. The number of hydrogen-bond donors (Lipinski definition) is 2. The predicted molar refractivity (Wildman–Crippen MR) is 142 cm³/mol. The Balaban J connectivity index is 1.29. The van der Waals surface area contributed by atoms with Crippen LogP contribution >= 0.6 is 22.9 Å². The minimum Gasteiger partial charge on any atom is -0.350 e. The number of hydrogen-bond acceptors (Lipinski definition) is 5. The van der Waals surface area contributed by atoms with E-state index in [0.29, 0.717) is 15.8 Å². The molecule has 3 heterocycles. The largest absolute Gasteiger partial charge is 0.350 e. The summed E-state index contributed by atoms with van der Waals surface area (Å²) in [7, 11) is 0. The summed E-state index contributed by atoms with van der Waals surface area (Å²) in [6, 6.07) is 22.5. The highest BCUT2D eigenvalue weighted by Crippen LogP contribution is 2.35. The van der Waals surface area contributed by atoms with Crippen LogP contribution in [0.5, 0.6) is 0 Å². The van der Waals surface area contributed by atoms with E-state index >= 15 is 0 Å². The second-order valence-corrected chi connectivity index (χ2v) is 10.6. The number of thiophene rings is 1. The van der Waals surface area contributed by atoms with Crippen molar-refractivity contribution in [3.63, 3.8) is 0 Å². The average molecular weight is 534 g/mol. The van der Waals surface area contributed by atoms with Crippen LogP contribution in [0.15, 0.2) is 79.0 Å². The Hall–Kier alpha value is -3.95. The molecule has 2 N–H and O–H groups in total. The van der Waals surface area contributed by atoms with E-state index in [0.717, 1.165) is 27.3 Å². The highest BCUT2D eigenvalue weighted by molar-refractivity contribution is 7.16. The summed E-state index contributed by atoms with van der Waals surface area (Å²) in [5, 5.41) is 10.3. The van der Waals surface area contributed by atoms with Crippen molar-refractivity contribution in [2.75, 3.05) is 6.54 Å². The lowest BCUT2D eigenvalue weighted by Gasteiger charge is -2.20. The first kappa shape index (κ1) is 24.7. The quantitative estimate of drug-likeness (QED) is 0.328. The van der Waals surface area contributed by atoms with Crippen molar-refractivity contribution in [3.05, 3.63) is 99.3 Å². The molecule has 4 amide bonds. The van der Waals surface area contributed by atoms with Crippen LogP contribution < -0.4 is 10.6 Å². The molecule has 1 atom stereocenters. The fourth-order valence-corrected chi connectivity index (χ4v) is 5.40. The number of carbonyl (C=O) groups excluding carboxylic acids is 3. The van der Waals surface area contributed by atoms with Gasteiger partial charge in [-0.3, -0.25) is 19.2 Å². The van der Waals surface area contributed by atoms with Gasteiger partial charge in [-0.15, -0.1) is 11.3 Å². The molecule has 1 fully saturated rings. The minimum absolute atomic E-state index is 0.194. The van der Waals surface area contributed by atoms with Gasteiger partial charge in [-0.25, -0.2) is 4.79 Å². The number of carbonyl (C=O) groups is 3. The summed E-state index contributed by atoms with van der Waals surface area (Å²) in [4.78, 5) is 40.0. The zero-order valence-corrected chi connectivity index (χ0v) is 21.6. The van der Waals surface area contributed by atoms with Crippen LogP contribution in [-0.4, -0.2) is 39.1 Å². The normalized spacial score (nSPS) is 17.2. The minimum atomic E-state index is -1.26. The molecule has 2 aromatic carbocycles. The highest BCUT2D eigenvalue weighted by Gasteiger charge is 2.50. The zero-order chi connectivity index (χ0) is 26.0. The van der Waals surface area contributed by atoms with Gasteiger partial charge in [0.05, 0.1) is 16.6 Å². The van der Waals surface area contributed by atoms with Gasteiger partial charge in [0.1, 0.15) is 6.54 Å². The third-order valence-electron chi connectivity index (χ3n) is 6.19. The Morgan fingerprint density at radius 3 is 2.43 bits per heavy atom. The molecular weight excluding hydrogens is 510 g/mol.